The molecule has 98 valence electrons. The van der Waals surface area contributed by atoms with Gasteiger partial charge in [0.1, 0.15) is 0 Å². The standard InChI is InChI=1S/C13H18N2OS2/c1-10(11-2-7-17-8-11)14-12-15-13(9-18-12)3-5-16-6-4-13/h2,7-8,10H,3-6,9H2,1H3,(H,14,15). The van der Waals surface area contributed by atoms with Crippen molar-refractivity contribution in [2.45, 2.75) is 31.3 Å². The second-order valence-electron chi connectivity index (χ2n) is 4.97. The van der Waals surface area contributed by atoms with E-state index in [-0.39, 0.29) is 11.6 Å². The molecule has 2 saturated heterocycles. The molecular weight excluding hydrogens is 264 g/mol. The zero-order valence-electron chi connectivity index (χ0n) is 10.5. The van der Waals surface area contributed by atoms with Gasteiger partial charge in [-0.05, 0) is 42.2 Å². The molecule has 1 N–H and O–H groups in total. The number of rotatable bonds is 2. The lowest BCUT2D eigenvalue weighted by Crippen LogP contribution is -2.48. The number of hydrogen-bond donors (Lipinski definition) is 1. The third kappa shape index (κ3) is 2.58. The molecule has 0 saturated carbocycles. The SMILES string of the molecule is CC(N=C1NC2(CCOCC2)CS1)c1ccsc1. The van der Waals surface area contributed by atoms with Crippen molar-refractivity contribution in [3.8, 4) is 0 Å². The summed E-state index contributed by atoms with van der Waals surface area (Å²) in [5.41, 5.74) is 1.55. The summed E-state index contributed by atoms with van der Waals surface area (Å²) in [6.45, 7) is 3.91. The number of hydrogen-bond acceptors (Lipinski definition) is 4. The number of thiophene rings is 1. The van der Waals surface area contributed by atoms with Gasteiger partial charge in [0.15, 0.2) is 5.17 Å². The van der Waals surface area contributed by atoms with Crippen molar-refractivity contribution in [1.29, 1.82) is 0 Å². The molecule has 2 aliphatic heterocycles. The minimum absolute atomic E-state index is 0.246. The van der Waals surface area contributed by atoms with E-state index in [1.807, 2.05) is 11.8 Å². The molecule has 1 atom stereocenters. The molecule has 1 aromatic rings. The molecule has 3 heterocycles. The number of ether oxygens (including phenoxy) is 1. The number of aliphatic imine (C=N–C) groups is 1. The van der Waals surface area contributed by atoms with Crippen molar-refractivity contribution < 1.29 is 4.74 Å². The summed E-state index contributed by atoms with van der Waals surface area (Å²) in [6, 6.07) is 2.41. The predicted octanol–water partition coefficient (Wildman–Crippen LogP) is 3.05. The molecule has 5 heteroatoms. The molecule has 0 bridgehead atoms. The lowest BCUT2D eigenvalue weighted by Gasteiger charge is -2.32. The van der Waals surface area contributed by atoms with Gasteiger partial charge in [-0.2, -0.15) is 11.3 Å². The van der Waals surface area contributed by atoms with E-state index in [0.29, 0.717) is 0 Å². The maximum Gasteiger partial charge on any atom is 0.157 e. The van der Waals surface area contributed by atoms with Crippen LogP contribution in [0.2, 0.25) is 0 Å². The van der Waals surface area contributed by atoms with Gasteiger partial charge in [0.25, 0.3) is 0 Å². The smallest absolute Gasteiger partial charge is 0.157 e. The summed E-state index contributed by atoms with van der Waals surface area (Å²) < 4.78 is 5.44. The van der Waals surface area contributed by atoms with Crippen LogP contribution in [0.4, 0.5) is 0 Å². The van der Waals surface area contributed by atoms with Crippen LogP contribution in [0.5, 0.6) is 0 Å². The predicted molar refractivity (Wildman–Crippen MR) is 78.5 cm³/mol. The molecular formula is C13H18N2OS2. The highest BCUT2D eigenvalue weighted by Gasteiger charge is 2.38. The van der Waals surface area contributed by atoms with Gasteiger partial charge < -0.3 is 10.1 Å². The third-order valence-electron chi connectivity index (χ3n) is 3.64. The van der Waals surface area contributed by atoms with Gasteiger partial charge in [0.2, 0.25) is 0 Å². The average molecular weight is 282 g/mol. The van der Waals surface area contributed by atoms with Crippen molar-refractivity contribution in [3.05, 3.63) is 22.4 Å². The Bertz CT molecular complexity index is 424. The van der Waals surface area contributed by atoms with Crippen molar-refractivity contribution in [1.82, 2.24) is 5.32 Å². The highest BCUT2D eigenvalue weighted by Crippen LogP contribution is 2.33. The van der Waals surface area contributed by atoms with Crippen LogP contribution in [-0.2, 0) is 4.74 Å². The molecule has 2 aliphatic rings. The summed E-state index contributed by atoms with van der Waals surface area (Å²) in [4.78, 5) is 4.80. The monoisotopic (exact) mass is 282 g/mol. The Morgan fingerprint density at radius 2 is 2.28 bits per heavy atom. The van der Waals surface area contributed by atoms with Crippen LogP contribution < -0.4 is 5.32 Å². The van der Waals surface area contributed by atoms with Crippen molar-refractivity contribution in [3.63, 3.8) is 0 Å². The maximum absolute atomic E-state index is 5.44. The Morgan fingerprint density at radius 1 is 1.44 bits per heavy atom. The van der Waals surface area contributed by atoms with Crippen LogP contribution in [0.25, 0.3) is 0 Å². The van der Waals surface area contributed by atoms with Crippen molar-refractivity contribution in [2.24, 2.45) is 4.99 Å². The average Bonchev–Trinajstić information content (AvgIpc) is 3.01. The first kappa shape index (κ1) is 12.5. The first-order valence-corrected chi connectivity index (χ1v) is 8.29. The Balaban J connectivity index is 1.67. The minimum atomic E-state index is 0.246. The number of amidine groups is 1. The van der Waals surface area contributed by atoms with Gasteiger partial charge in [-0.15, -0.1) is 0 Å². The maximum atomic E-state index is 5.44. The van der Waals surface area contributed by atoms with Gasteiger partial charge in [-0.1, -0.05) is 11.8 Å². The van der Waals surface area contributed by atoms with Crippen molar-refractivity contribution in [2.75, 3.05) is 19.0 Å². The van der Waals surface area contributed by atoms with E-state index in [4.69, 9.17) is 9.73 Å². The fraction of sp³-hybridized carbons (Fsp3) is 0.615. The van der Waals surface area contributed by atoms with E-state index >= 15 is 0 Å². The number of nitrogens with zero attached hydrogens (tertiary/aromatic N) is 1. The zero-order valence-corrected chi connectivity index (χ0v) is 12.1. The highest BCUT2D eigenvalue weighted by molar-refractivity contribution is 8.14. The van der Waals surface area contributed by atoms with Gasteiger partial charge in [0.05, 0.1) is 11.6 Å². The Morgan fingerprint density at radius 3 is 3.00 bits per heavy atom. The number of nitrogens with one attached hydrogen (secondary N) is 1. The molecule has 0 radical (unpaired) electrons. The lowest BCUT2D eigenvalue weighted by atomic mass is 9.93. The summed E-state index contributed by atoms with van der Waals surface area (Å²) in [5, 5.41) is 9.03. The summed E-state index contributed by atoms with van der Waals surface area (Å²) in [5.74, 6) is 1.13. The molecule has 1 unspecified atom stereocenters. The molecule has 0 aromatic carbocycles. The Hall–Kier alpha value is -0.520. The van der Waals surface area contributed by atoms with Gasteiger partial charge in [-0.3, -0.25) is 4.99 Å². The van der Waals surface area contributed by atoms with Crippen LogP contribution in [-0.4, -0.2) is 29.7 Å². The Labute approximate surface area is 116 Å². The van der Waals surface area contributed by atoms with Gasteiger partial charge >= 0.3 is 0 Å². The van der Waals surface area contributed by atoms with Gasteiger partial charge in [-0.25, -0.2) is 0 Å². The number of thioether (sulfide) groups is 1. The molecule has 0 aliphatic carbocycles. The molecule has 1 aromatic heterocycles. The normalized spacial score (nSPS) is 26.4. The molecule has 3 nitrogen and oxygen atoms in total. The Kier molecular flexibility index (Phi) is 3.63. The molecule has 2 fully saturated rings. The quantitative estimate of drug-likeness (QED) is 0.905. The second kappa shape index (κ2) is 5.23. The van der Waals surface area contributed by atoms with E-state index in [1.165, 1.54) is 5.56 Å². The molecule has 18 heavy (non-hydrogen) atoms. The van der Waals surface area contributed by atoms with E-state index in [2.05, 4.69) is 29.1 Å². The summed E-state index contributed by atoms with van der Waals surface area (Å²) >= 11 is 3.59. The highest BCUT2D eigenvalue weighted by atomic mass is 32.2. The van der Waals surface area contributed by atoms with Crippen LogP contribution in [0.1, 0.15) is 31.4 Å². The van der Waals surface area contributed by atoms with E-state index in [1.54, 1.807) is 11.3 Å². The van der Waals surface area contributed by atoms with Crippen LogP contribution in [0, 0.1) is 0 Å². The van der Waals surface area contributed by atoms with Gasteiger partial charge in [0, 0.05) is 19.0 Å². The fourth-order valence-corrected chi connectivity index (χ4v) is 4.41. The fourth-order valence-electron chi connectivity index (χ4n) is 2.37. The topological polar surface area (TPSA) is 33.6 Å². The summed E-state index contributed by atoms with van der Waals surface area (Å²) in [7, 11) is 0. The second-order valence-corrected chi connectivity index (χ2v) is 6.72. The first-order chi connectivity index (χ1) is 8.77. The summed E-state index contributed by atoms with van der Waals surface area (Å²) in [6.07, 6.45) is 2.21. The minimum Gasteiger partial charge on any atom is -0.381 e. The van der Waals surface area contributed by atoms with E-state index < -0.39 is 0 Å². The van der Waals surface area contributed by atoms with Crippen molar-refractivity contribution >= 4 is 28.3 Å². The zero-order chi connectivity index (χ0) is 12.4. The first-order valence-electron chi connectivity index (χ1n) is 6.36. The van der Waals surface area contributed by atoms with E-state index in [9.17, 15) is 0 Å². The van der Waals surface area contributed by atoms with Crippen LogP contribution >= 0.6 is 23.1 Å². The molecule has 0 amide bonds. The lowest BCUT2D eigenvalue weighted by molar-refractivity contribution is 0.0555. The van der Waals surface area contributed by atoms with Crippen LogP contribution in [0.15, 0.2) is 21.8 Å². The van der Waals surface area contributed by atoms with Crippen LogP contribution in [0.3, 0.4) is 0 Å². The molecule has 1 spiro atoms. The largest absolute Gasteiger partial charge is 0.381 e. The van der Waals surface area contributed by atoms with E-state index in [0.717, 1.165) is 37.0 Å². The molecule has 3 rings (SSSR count). The third-order valence-corrected chi connectivity index (χ3v) is 5.52.